The number of halogens is 3. The fraction of sp³-hybridized carbons (Fsp3) is 0.308. The summed E-state index contributed by atoms with van der Waals surface area (Å²) >= 11 is 1.44. The van der Waals surface area contributed by atoms with Crippen LogP contribution in [0.1, 0.15) is 22.4 Å². The molecule has 1 aromatic heterocycles. The molecule has 1 N–H and O–H groups in total. The van der Waals surface area contributed by atoms with Crippen molar-refractivity contribution in [3.63, 3.8) is 0 Å². The minimum Gasteiger partial charge on any atom is -0.406 e. The Morgan fingerprint density at radius 3 is 2.45 bits per heavy atom. The molecule has 1 unspecified atom stereocenters. The Morgan fingerprint density at radius 2 is 1.95 bits per heavy atom. The maximum Gasteiger partial charge on any atom is 0.573 e. The number of hydrogen-bond donors (Lipinski definition) is 1. The lowest BCUT2D eigenvalue weighted by atomic mass is 10.1. The largest absolute Gasteiger partial charge is 0.573 e. The maximum atomic E-state index is 12.0. The molecule has 2 aromatic rings. The van der Waals surface area contributed by atoms with Crippen LogP contribution < -0.4 is 4.74 Å². The number of rotatable bonds is 4. The molecule has 0 saturated heterocycles. The van der Waals surface area contributed by atoms with E-state index in [0.29, 0.717) is 11.3 Å². The lowest BCUT2D eigenvalue weighted by molar-refractivity contribution is -0.274. The third-order valence-corrected chi connectivity index (χ3v) is 3.36. The summed E-state index contributed by atoms with van der Waals surface area (Å²) in [5.74, 6) is -0.278. The van der Waals surface area contributed by atoms with Crippen molar-refractivity contribution in [2.45, 2.75) is 25.8 Å². The molecule has 0 saturated carbocycles. The SMILES string of the molecule is Cc1nc(C(O)Cc2ccc(OC(F)(F)F)cc2)cs1. The Hall–Kier alpha value is -1.60. The molecular weight excluding hydrogens is 291 g/mol. The van der Waals surface area contributed by atoms with Gasteiger partial charge in [0.15, 0.2) is 0 Å². The zero-order chi connectivity index (χ0) is 14.8. The van der Waals surface area contributed by atoms with E-state index in [9.17, 15) is 18.3 Å². The van der Waals surface area contributed by atoms with Gasteiger partial charge < -0.3 is 9.84 Å². The van der Waals surface area contributed by atoms with Crippen LogP contribution in [0, 0.1) is 6.92 Å². The van der Waals surface area contributed by atoms with Crippen LogP contribution >= 0.6 is 11.3 Å². The van der Waals surface area contributed by atoms with Crippen LogP contribution in [0.15, 0.2) is 29.6 Å². The second-order valence-corrected chi connectivity index (χ2v) is 5.27. The molecule has 0 bridgehead atoms. The molecule has 1 aromatic carbocycles. The minimum atomic E-state index is -4.70. The van der Waals surface area contributed by atoms with E-state index >= 15 is 0 Å². The van der Waals surface area contributed by atoms with Gasteiger partial charge in [-0.15, -0.1) is 24.5 Å². The van der Waals surface area contributed by atoms with Gasteiger partial charge >= 0.3 is 6.36 Å². The first-order valence-corrected chi connectivity index (χ1v) is 6.66. The number of hydrogen-bond acceptors (Lipinski definition) is 4. The van der Waals surface area contributed by atoms with Gasteiger partial charge in [-0.2, -0.15) is 0 Å². The first-order valence-electron chi connectivity index (χ1n) is 5.78. The Kier molecular flexibility index (Phi) is 4.29. The molecule has 7 heteroatoms. The first kappa shape index (κ1) is 14.8. The molecule has 1 heterocycles. The van der Waals surface area contributed by atoms with Crippen LogP contribution in [0.25, 0.3) is 0 Å². The maximum absolute atomic E-state index is 12.0. The number of aliphatic hydroxyl groups excluding tert-OH is 1. The summed E-state index contributed by atoms with van der Waals surface area (Å²) in [7, 11) is 0. The highest BCUT2D eigenvalue weighted by Gasteiger charge is 2.30. The van der Waals surface area contributed by atoms with Crippen molar-refractivity contribution in [3.8, 4) is 5.75 Å². The zero-order valence-corrected chi connectivity index (χ0v) is 11.3. The van der Waals surface area contributed by atoms with E-state index in [1.54, 1.807) is 5.38 Å². The second-order valence-electron chi connectivity index (χ2n) is 4.20. The highest BCUT2D eigenvalue weighted by molar-refractivity contribution is 7.09. The van der Waals surface area contributed by atoms with E-state index in [4.69, 9.17) is 0 Å². The Bertz CT molecular complexity index is 566. The summed E-state index contributed by atoms with van der Waals surface area (Å²) in [4.78, 5) is 4.17. The summed E-state index contributed by atoms with van der Waals surface area (Å²) in [5, 5.41) is 12.6. The molecule has 0 amide bonds. The third kappa shape index (κ3) is 4.21. The number of ether oxygens (including phenoxy) is 1. The zero-order valence-electron chi connectivity index (χ0n) is 10.5. The average molecular weight is 303 g/mol. The molecule has 0 fully saturated rings. The van der Waals surface area contributed by atoms with E-state index in [1.165, 1.54) is 35.6 Å². The fourth-order valence-electron chi connectivity index (χ4n) is 1.69. The highest BCUT2D eigenvalue weighted by atomic mass is 32.1. The van der Waals surface area contributed by atoms with E-state index < -0.39 is 12.5 Å². The molecular formula is C13H12F3NO2S. The first-order chi connectivity index (χ1) is 9.33. The van der Waals surface area contributed by atoms with Crippen molar-refractivity contribution in [2.24, 2.45) is 0 Å². The van der Waals surface area contributed by atoms with Gasteiger partial charge in [0.25, 0.3) is 0 Å². The number of alkyl halides is 3. The quantitative estimate of drug-likeness (QED) is 0.938. The smallest absolute Gasteiger partial charge is 0.406 e. The molecule has 1 atom stereocenters. The lowest BCUT2D eigenvalue weighted by Gasteiger charge is -2.11. The van der Waals surface area contributed by atoms with Gasteiger partial charge in [0, 0.05) is 11.8 Å². The van der Waals surface area contributed by atoms with Gasteiger partial charge in [0.05, 0.1) is 10.7 Å². The van der Waals surface area contributed by atoms with Gasteiger partial charge in [-0.05, 0) is 24.6 Å². The van der Waals surface area contributed by atoms with Crippen molar-refractivity contribution in [1.29, 1.82) is 0 Å². The Labute approximate surface area is 117 Å². The van der Waals surface area contributed by atoms with Gasteiger partial charge in [-0.1, -0.05) is 12.1 Å². The molecule has 0 aliphatic carbocycles. The Morgan fingerprint density at radius 1 is 1.30 bits per heavy atom. The van der Waals surface area contributed by atoms with Crippen LogP contribution in [0.2, 0.25) is 0 Å². The van der Waals surface area contributed by atoms with Gasteiger partial charge in [0.1, 0.15) is 11.9 Å². The number of benzene rings is 1. The standard InChI is InChI=1S/C13H12F3NO2S/c1-8-17-11(7-20-8)12(18)6-9-2-4-10(5-3-9)19-13(14,15)16/h2-5,7,12,18H,6H2,1H3. The minimum absolute atomic E-state index is 0.278. The fourth-order valence-corrected chi connectivity index (χ4v) is 2.35. The second kappa shape index (κ2) is 5.80. The van der Waals surface area contributed by atoms with Gasteiger partial charge in [-0.3, -0.25) is 0 Å². The molecule has 20 heavy (non-hydrogen) atoms. The average Bonchev–Trinajstić information content (AvgIpc) is 2.77. The van der Waals surface area contributed by atoms with E-state index in [2.05, 4.69) is 9.72 Å². The number of aryl methyl sites for hydroxylation is 1. The summed E-state index contributed by atoms with van der Waals surface area (Å²) in [6.07, 6.45) is -5.18. The van der Waals surface area contributed by atoms with E-state index in [0.717, 1.165) is 5.01 Å². The van der Waals surface area contributed by atoms with Crippen LogP contribution in [-0.4, -0.2) is 16.5 Å². The van der Waals surface area contributed by atoms with Crippen molar-refractivity contribution in [2.75, 3.05) is 0 Å². The van der Waals surface area contributed by atoms with Crippen LogP contribution in [-0.2, 0) is 6.42 Å². The van der Waals surface area contributed by atoms with Crippen molar-refractivity contribution >= 4 is 11.3 Å². The predicted octanol–water partition coefficient (Wildman–Crippen LogP) is 3.63. The van der Waals surface area contributed by atoms with E-state index in [-0.39, 0.29) is 12.2 Å². The monoisotopic (exact) mass is 303 g/mol. The molecule has 2 rings (SSSR count). The molecule has 108 valence electrons. The molecule has 0 radical (unpaired) electrons. The van der Waals surface area contributed by atoms with Crippen molar-refractivity contribution < 1.29 is 23.0 Å². The number of thiazole rings is 1. The molecule has 3 nitrogen and oxygen atoms in total. The van der Waals surface area contributed by atoms with Gasteiger partial charge in [-0.25, -0.2) is 4.98 Å². The van der Waals surface area contributed by atoms with E-state index in [1.807, 2.05) is 6.92 Å². The van der Waals surface area contributed by atoms with Crippen LogP contribution in [0.3, 0.4) is 0 Å². The molecule has 0 spiro atoms. The Balaban J connectivity index is 2.00. The molecule has 0 aliphatic heterocycles. The summed E-state index contributed by atoms with van der Waals surface area (Å²) in [5.41, 5.74) is 1.28. The normalized spacial score (nSPS) is 13.2. The van der Waals surface area contributed by atoms with Gasteiger partial charge in [0.2, 0.25) is 0 Å². The van der Waals surface area contributed by atoms with Crippen LogP contribution in [0.4, 0.5) is 13.2 Å². The summed E-state index contributed by atoms with van der Waals surface area (Å²) < 4.78 is 39.8. The van der Waals surface area contributed by atoms with Crippen molar-refractivity contribution in [3.05, 3.63) is 45.9 Å². The third-order valence-electron chi connectivity index (χ3n) is 2.56. The summed E-state index contributed by atoms with van der Waals surface area (Å²) in [6, 6.07) is 5.43. The summed E-state index contributed by atoms with van der Waals surface area (Å²) in [6.45, 7) is 1.84. The van der Waals surface area contributed by atoms with Crippen LogP contribution in [0.5, 0.6) is 5.75 Å². The number of aromatic nitrogens is 1. The highest BCUT2D eigenvalue weighted by Crippen LogP contribution is 2.25. The lowest BCUT2D eigenvalue weighted by Crippen LogP contribution is -2.17. The molecule has 0 aliphatic rings. The predicted molar refractivity (Wildman–Crippen MR) is 68.6 cm³/mol. The van der Waals surface area contributed by atoms with Crippen molar-refractivity contribution in [1.82, 2.24) is 4.98 Å². The number of nitrogens with zero attached hydrogens (tertiary/aromatic N) is 1. The topological polar surface area (TPSA) is 42.4 Å². The number of aliphatic hydroxyl groups is 1.